The normalized spacial score (nSPS) is 9.76. The summed E-state index contributed by atoms with van der Waals surface area (Å²) in [6.45, 7) is 0.462. The number of nitrogens with one attached hydrogen (secondary N) is 1. The molecule has 0 aromatic heterocycles. The SMILES string of the molecule is CN(C)c1ccc(CNC(=O)c2cccc(C#N)c2)cc1. The highest BCUT2D eigenvalue weighted by molar-refractivity contribution is 5.94. The predicted molar refractivity (Wildman–Crippen MR) is 83.1 cm³/mol. The molecule has 0 fully saturated rings. The van der Waals surface area contributed by atoms with E-state index < -0.39 is 0 Å². The van der Waals surface area contributed by atoms with E-state index in [1.165, 1.54) is 0 Å². The van der Waals surface area contributed by atoms with Crippen molar-refractivity contribution in [3.8, 4) is 6.07 Å². The molecule has 1 N–H and O–H groups in total. The molecule has 0 spiro atoms. The van der Waals surface area contributed by atoms with Gasteiger partial charge in [0.05, 0.1) is 11.6 Å². The first-order valence-corrected chi connectivity index (χ1v) is 6.65. The van der Waals surface area contributed by atoms with E-state index in [-0.39, 0.29) is 5.91 Å². The van der Waals surface area contributed by atoms with Crippen LogP contribution in [0.1, 0.15) is 21.5 Å². The van der Waals surface area contributed by atoms with E-state index in [0.29, 0.717) is 17.7 Å². The van der Waals surface area contributed by atoms with Crippen molar-refractivity contribution in [3.63, 3.8) is 0 Å². The van der Waals surface area contributed by atoms with Gasteiger partial charge in [-0.15, -0.1) is 0 Å². The van der Waals surface area contributed by atoms with Gasteiger partial charge in [0.25, 0.3) is 5.91 Å². The average molecular weight is 279 g/mol. The average Bonchev–Trinajstić information content (AvgIpc) is 2.53. The number of carbonyl (C=O) groups excluding carboxylic acids is 1. The van der Waals surface area contributed by atoms with Crippen molar-refractivity contribution in [2.45, 2.75) is 6.54 Å². The minimum absolute atomic E-state index is 0.177. The fraction of sp³-hybridized carbons (Fsp3) is 0.176. The molecule has 2 rings (SSSR count). The molecule has 0 aliphatic rings. The van der Waals surface area contributed by atoms with Crippen LogP contribution in [0.5, 0.6) is 0 Å². The molecule has 0 unspecified atom stereocenters. The van der Waals surface area contributed by atoms with Crippen LogP contribution in [0.15, 0.2) is 48.5 Å². The molecule has 0 aliphatic heterocycles. The number of benzene rings is 2. The van der Waals surface area contributed by atoms with E-state index in [4.69, 9.17) is 5.26 Å². The van der Waals surface area contributed by atoms with Crippen molar-refractivity contribution in [2.75, 3.05) is 19.0 Å². The van der Waals surface area contributed by atoms with Gasteiger partial charge in [0.15, 0.2) is 0 Å². The van der Waals surface area contributed by atoms with E-state index in [1.807, 2.05) is 49.3 Å². The third-order valence-corrected chi connectivity index (χ3v) is 3.16. The fourth-order valence-electron chi connectivity index (χ4n) is 1.93. The zero-order valence-electron chi connectivity index (χ0n) is 12.1. The lowest BCUT2D eigenvalue weighted by Crippen LogP contribution is -2.22. The molecule has 4 nitrogen and oxygen atoms in total. The predicted octanol–water partition coefficient (Wildman–Crippen LogP) is 2.55. The summed E-state index contributed by atoms with van der Waals surface area (Å²) in [6.07, 6.45) is 0. The number of rotatable bonds is 4. The Morgan fingerprint density at radius 3 is 2.52 bits per heavy atom. The molecular formula is C17H17N3O. The first-order valence-electron chi connectivity index (χ1n) is 6.65. The molecule has 0 atom stereocenters. The summed E-state index contributed by atoms with van der Waals surface area (Å²) >= 11 is 0. The summed E-state index contributed by atoms with van der Waals surface area (Å²) in [6, 6.07) is 16.7. The summed E-state index contributed by atoms with van der Waals surface area (Å²) in [5.74, 6) is -0.177. The van der Waals surface area contributed by atoms with Crippen LogP contribution in [-0.4, -0.2) is 20.0 Å². The van der Waals surface area contributed by atoms with E-state index >= 15 is 0 Å². The van der Waals surface area contributed by atoms with Crippen molar-refractivity contribution >= 4 is 11.6 Å². The van der Waals surface area contributed by atoms with Crippen LogP contribution in [0.25, 0.3) is 0 Å². The monoisotopic (exact) mass is 279 g/mol. The largest absolute Gasteiger partial charge is 0.378 e. The van der Waals surface area contributed by atoms with Crippen LogP contribution in [0.3, 0.4) is 0 Å². The lowest BCUT2D eigenvalue weighted by Gasteiger charge is -2.13. The van der Waals surface area contributed by atoms with Crippen molar-refractivity contribution in [1.82, 2.24) is 5.32 Å². The van der Waals surface area contributed by atoms with Gasteiger partial charge in [-0.1, -0.05) is 18.2 Å². The summed E-state index contributed by atoms with van der Waals surface area (Å²) < 4.78 is 0. The zero-order valence-corrected chi connectivity index (χ0v) is 12.1. The van der Waals surface area contributed by atoms with Gasteiger partial charge in [-0.05, 0) is 35.9 Å². The molecule has 2 aromatic rings. The van der Waals surface area contributed by atoms with Gasteiger partial charge in [-0.3, -0.25) is 4.79 Å². The molecule has 0 saturated heterocycles. The Hall–Kier alpha value is -2.80. The van der Waals surface area contributed by atoms with Gasteiger partial charge in [0, 0.05) is 31.9 Å². The van der Waals surface area contributed by atoms with Gasteiger partial charge in [0.1, 0.15) is 0 Å². The summed E-state index contributed by atoms with van der Waals surface area (Å²) in [5.41, 5.74) is 3.13. The van der Waals surface area contributed by atoms with Crippen molar-refractivity contribution < 1.29 is 4.79 Å². The van der Waals surface area contributed by atoms with E-state index in [0.717, 1.165) is 11.3 Å². The first-order chi connectivity index (χ1) is 10.1. The number of hydrogen-bond donors (Lipinski definition) is 1. The molecule has 0 bridgehead atoms. The minimum atomic E-state index is -0.177. The van der Waals surface area contributed by atoms with Crippen LogP contribution in [0, 0.1) is 11.3 Å². The third-order valence-electron chi connectivity index (χ3n) is 3.16. The van der Waals surface area contributed by atoms with Gasteiger partial charge >= 0.3 is 0 Å². The molecular weight excluding hydrogens is 262 g/mol. The second-order valence-corrected chi connectivity index (χ2v) is 4.94. The van der Waals surface area contributed by atoms with Crippen LogP contribution in [0.4, 0.5) is 5.69 Å². The highest BCUT2D eigenvalue weighted by atomic mass is 16.1. The molecule has 106 valence electrons. The Morgan fingerprint density at radius 2 is 1.90 bits per heavy atom. The van der Waals surface area contributed by atoms with Crippen LogP contribution in [0.2, 0.25) is 0 Å². The highest BCUT2D eigenvalue weighted by Gasteiger charge is 2.06. The number of nitriles is 1. The molecule has 0 radical (unpaired) electrons. The fourth-order valence-corrected chi connectivity index (χ4v) is 1.93. The Balaban J connectivity index is 1.99. The van der Waals surface area contributed by atoms with Gasteiger partial charge < -0.3 is 10.2 Å². The first kappa shape index (κ1) is 14.6. The maximum absolute atomic E-state index is 12.0. The Kier molecular flexibility index (Phi) is 4.57. The van der Waals surface area contributed by atoms with E-state index in [9.17, 15) is 4.79 Å². The van der Waals surface area contributed by atoms with E-state index in [2.05, 4.69) is 5.32 Å². The summed E-state index contributed by atoms with van der Waals surface area (Å²) in [4.78, 5) is 14.1. The van der Waals surface area contributed by atoms with Crippen molar-refractivity contribution in [2.24, 2.45) is 0 Å². The van der Waals surface area contributed by atoms with Crippen molar-refractivity contribution in [1.29, 1.82) is 5.26 Å². The second-order valence-electron chi connectivity index (χ2n) is 4.94. The smallest absolute Gasteiger partial charge is 0.251 e. The second kappa shape index (κ2) is 6.58. The number of amides is 1. The summed E-state index contributed by atoms with van der Waals surface area (Å²) in [7, 11) is 3.97. The number of carbonyl (C=O) groups is 1. The van der Waals surface area contributed by atoms with Gasteiger partial charge in [-0.2, -0.15) is 5.26 Å². The van der Waals surface area contributed by atoms with Crippen LogP contribution >= 0.6 is 0 Å². The van der Waals surface area contributed by atoms with Crippen molar-refractivity contribution in [3.05, 3.63) is 65.2 Å². The molecule has 0 aliphatic carbocycles. The maximum atomic E-state index is 12.0. The molecule has 21 heavy (non-hydrogen) atoms. The standard InChI is InChI=1S/C17H17N3O/c1-20(2)16-8-6-13(7-9-16)12-19-17(21)15-5-3-4-14(10-15)11-18/h3-10H,12H2,1-2H3,(H,19,21). The highest BCUT2D eigenvalue weighted by Crippen LogP contribution is 2.12. The van der Waals surface area contributed by atoms with E-state index in [1.54, 1.807) is 24.3 Å². The quantitative estimate of drug-likeness (QED) is 0.935. The third kappa shape index (κ3) is 3.83. The molecule has 0 saturated carbocycles. The molecule has 1 amide bonds. The Morgan fingerprint density at radius 1 is 1.19 bits per heavy atom. The number of nitrogens with zero attached hydrogens (tertiary/aromatic N) is 2. The molecule has 4 heteroatoms. The van der Waals surface area contributed by atoms with Crippen LogP contribution < -0.4 is 10.2 Å². The number of anilines is 1. The van der Waals surface area contributed by atoms with Gasteiger partial charge in [-0.25, -0.2) is 0 Å². The topological polar surface area (TPSA) is 56.1 Å². The minimum Gasteiger partial charge on any atom is -0.378 e. The summed E-state index contributed by atoms with van der Waals surface area (Å²) in [5, 5.41) is 11.7. The lowest BCUT2D eigenvalue weighted by molar-refractivity contribution is 0.0951. The Bertz CT molecular complexity index is 669. The Labute approximate surface area is 124 Å². The molecule has 2 aromatic carbocycles. The number of hydrogen-bond acceptors (Lipinski definition) is 3. The van der Waals surface area contributed by atoms with Gasteiger partial charge in [0.2, 0.25) is 0 Å². The zero-order chi connectivity index (χ0) is 15.2. The maximum Gasteiger partial charge on any atom is 0.251 e. The lowest BCUT2D eigenvalue weighted by atomic mass is 10.1. The van der Waals surface area contributed by atoms with Crippen LogP contribution in [-0.2, 0) is 6.54 Å². The molecule has 0 heterocycles.